The second-order valence-electron chi connectivity index (χ2n) is 4.92. The van der Waals surface area contributed by atoms with Crippen molar-refractivity contribution in [3.63, 3.8) is 0 Å². The summed E-state index contributed by atoms with van der Waals surface area (Å²) in [6.07, 6.45) is 8.43. The van der Waals surface area contributed by atoms with E-state index in [1.54, 1.807) is 0 Å². The first kappa shape index (κ1) is 10.4. The summed E-state index contributed by atoms with van der Waals surface area (Å²) in [5, 5.41) is 0. The molecule has 1 heterocycles. The third-order valence-corrected chi connectivity index (χ3v) is 3.74. The van der Waals surface area contributed by atoms with Crippen LogP contribution in [-0.4, -0.2) is 25.9 Å². The lowest BCUT2D eigenvalue weighted by Gasteiger charge is -2.41. The van der Waals surface area contributed by atoms with Gasteiger partial charge in [-0.2, -0.15) is 0 Å². The van der Waals surface area contributed by atoms with Crippen LogP contribution in [0, 0.1) is 5.41 Å². The van der Waals surface area contributed by atoms with Crippen LogP contribution in [0.15, 0.2) is 0 Å². The summed E-state index contributed by atoms with van der Waals surface area (Å²) in [6.45, 7) is 4.99. The van der Waals surface area contributed by atoms with Gasteiger partial charge in [-0.1, -0.05) is 26.2 Å². The van der Waals surface area contributed by atoms with Crippen molar-refractivity contribution in [3.8, 4) is 0 Å². The molecule has 0 spiro atoms. The Balaban J connectivity index is 1.69. The molecule has 0 aromatic heterocycles. The van der Waals surface area contributed by atoms with Gasteiger partial charge in [0.2, 0.25) is 0 Å². The fourth-order valence-electron chi connectivity index (χ4n) is 2.31. The van der Waals surface area contributed by atoms with E-state index in [1.807, 2.05) is 0 Å². The van der Waals surface area contributed by atoms with Gasteiger partial charge in [-0.3, -0.25) is 0 Å². The van der Waals surface area contributed by atoms with Crippen molar-refractivity contribution >= 4 is 0 Å². The molecule has 2 aliphatic rings. The lowest BCUT2D eigenvalue weighted by atomic mass is 9.84. The smallest absolute Gasteiger partial charge is 0.0575 e. The van der Waals surface area contributed by atoms with Gasteiger partial charge >= 0.3 is 0 Å². The maximum atomic E-state index is 6.00. The maximum Gasteiger partial charge on any atom is 0.0575 e. The summed E-state index contributed by atoms with van der Waals surface area (Å²) in [7, 11) is 0. The second kappa shape index (κ2) is 4.63. The van der Waals surface area contributed by atoms with Gasteiger partial charge in [-0.15, -0.1) is 0 Å². The molecule has 1 aliphatic heterocycles. The SMILES string of the molecule is CCC1(COC2CCCCC2)COC1. The van der Waals surface area contributed by atoms with Gasteiger partial charge < -0.3 is 9.47 Å². The molecule has 0 bridgehead atoms. The van der Waals surface area contributed by atoms with Gasteiger partial charge in [0.25, 0.3) is 0 Å². The minimum absolute atomic E-state index is 0.372. The Morgan fingerprint density at radius 2 is 1.93 bits per heavy atom. The molecule has 82 valence electrons. The standard InChI is InChI=1S/C12H22O2/c1-2-12(8-13-9-12)10-14-11-6-4-3-5-7-11/h11H,2-10H2,1H3. The maximum absolute atomic E-state index is 6.00. The highest BCUT2D eigenvalue weighted by Crippen LogP contribution is 2.33. The highest BCUT2D eigenvalue weighted by atomic mass is 16.5. The highest BCUT2D eigenvalue weighted by Gasteiger charge is 2.37. The monoisotopic (exact) mass is 198 g/mol. The van der Waals surface area contributed by atoms with Crippen LogP contribution in [0.2, 0.25) is 0 Å². The van der Waals surface area contributed by atoms with Gasteiger partial charge in [-0.25, -0.2) is 0 Å². The minimum Gasteiger partial charge on any atom is -0.380 e. The van der Waals surface area contributed by atoms with E-state index < -0.39 is 0 Å². The van der Waals surface area contributed by atoms with E-state index in [2.05, 4.69) is 6.92 Å². The van der Waals surface area contributed by atoms with Gasteiger partial charge in [0.1, 0.15) is 0 Å². The first-order valence-corrected chi connectivity index (χ1v) is 6.04. The van der Waals surface area contributed by atoms with E-state index in [-0.39, 0.29) is 0 Å². The van der Waals surface area contributed by atoms with Crippen molar-refractivity contribution in [2.24, 2.45) is 5.41 Å². The lowest BCUT2D eigenvalue weighted by molar-refractivity contribution is -0.163. The lowest BCUT2D eigenvalue weighted by Crippen LogP contribution is -2.46. The normalized spacial score (nSPS) is 27.2. The molecule has 0 amide bonds. The molecule has 0 aromatic carbocycles. The Morgan fingerprint density at radius 3 is 2.43 bits per heavy atom. The molecule has 1 aliphatic carbocycles. The van der Waals surface area contributed by atoms with Crippen LogP contribution in [0.1, 0.15) is 45.4 Å². The van der Waals surface area contributed by atoms with E-state index in [0.717, 1.165) is 19.8 Å². The Bertz CT molecular complexity index is 164. The zero-order valence-corrected chi connectivity index (χ0v) is 9.26. The molecule has 0 radical (unpaired) electrons. The van der Waals surface area contributed by atoms with Gasteiger partial charge in [-0.05, 0) is 19.3 Å². The van der Waals surface area contributed by atoms with Crippen LogP contribution in [0.3, 0.4) is 0 Å². The first-order chi connectivity index (χ1) is 6.85. The summed E-state index contributed by atoms with van der Waals surface area (Å²) in [5.74, 6) is 0. The fraction of sp³-hybridized carbons (Fsp3) is 1.00. The second-order valence-corrected chi connectivity index (χ2v) is 4.92. The zero-order chi connectivity index (χ0) is 9.86. The molecule has 0 N–H and O–H groups in total. The van der Waals surface area contributed by atoms with Gasteiger partial charge in [0.15, 0.2) is 0 Å². The third kappa shape index (κ3) is 2.29. The predicted octanol–water partition coefficient (Wildman–Crippen LogP) is 2.76. The Labute approximate surface area is 87.0 Å². The zero-order valence-electron chi connectivity index (χ0n) is 9.26. The van der Waals surface area contributed by atoms with E-state index in [4.69, 9.17) is 9.47 Å². The Kier molecular flexibility index (Phi) is 3.45. The van der Waals surface area contributed by atoms with E-state index in [1.165, 1.54) is 38.5 Å². The van der Waals surface area contributed by atoms with E-state index >= 15 is 0 Å². The highest BCUT2D eigenvalue weighted by molar-refractivity contribution is 4.84. The van der Waals surface area contributed by atoms with Crippen molar-refractivity contribution < 1.29 is 9.47 Å². The summed E-state index contributed by atoms with van der Waals surface area (Å²) < 4.78 is 11.3. The van der Waals surface area contributed by atoms with Crippen LogP contribution >= 0.6 is 0 Å². The third-order valence-electron chi connectivity index (χ3n) is 3.74. The van der Waals surface area contributed by atoms with Crippen LogP contribution in [-0.2, 0) is 9.47 Å². The number of hydrogen-bond donors (Lipinski definition) is 0. The molecule has 0 unspecified atom stereocenters. The van der Waals surface area contributed by atoms with Crippen molar-refractivity contribution in [2.45, 2.75) is 51.6 Å². The summed E-state index contributed by atoms with van der Waals surface area (Å²) >= 11 is 0. The molecule has 14 heavy (non-hydrogen) atoms. The molecule has 0 atom stereocenters. The van der Waals surface area contributed by atoms with E-state index in [9.17, 15) is 0 Å². The molecular formula is C12H22O2. The molecule has 2 rings (SSSR count). The average molecular weight is 198 g/mol. The van der Waals surface area contributed by atoms with Crippen molar-refractivity contribution in [3.05, 3.63) is 0 Å². The molecule has 1 saturated carbocycles. The number of ether oxygens (including phenoxy) is 2. The largest absolute Gasteiger partial charge is 0.380 e. The molecule has 0 aromatic rings. The minimum atomic E-state index is 0.372. The van der Waals surface area contributed by atoms with E-state index in [0.29, 0.717) is 11.5 Å². The van der Waals surface area contributed by atoms with Crippen LogP contribution in [0.4, 0.5) is 0 Å². The predicted molar refractivity (Wildman–Crippen MR) is 56.4 cm³/mol. The summed E-state index contributed by atoms with van der Waals surface area (Å²) in [5.41, 5.74) is 0.372. The summed E-state index contributed by atoms with van der Waals surface area (Å²) in [4.78, 5) is 0. The van der Waals surface area contributed by atoms with Crippen LogP contribution in [0.5, 0.6) is 0 Å². The molecule has 1 saturated heterocycles. The molecule has 2 heteroatoms. The number of rotatable bonds is 4. The molecular weight excluding hydrogens is 176 g/mol. The quantitative estimate of drug-likeness (QED) is 0.691. The summed E-state index contributed by atoms with van der Waals surface area (Å²) in [6, 6.07) is 0. The first-order valence-electron chi connectivity index (χ1n) is 6.04. The van der Waals surface area contributed by atoms with Gasteiger partial charge in [0.05, 0.1) is 25.9 Å². The molecule has 2 fully saturated rings. The van der Waals surface area contributed by atoms with Gasteiger partial charge in [0, 0.05) is 5.41 Å². The molecule has 2 nitrogen and oxygen atoms in total. The topological polar surface area (TPSA) is 18.5 Å². The number of hydrogen-bond acceptors (Lipinski definition) is 2. The van der Waals surface area contributed by atoms with Crippen LogP contribution < -0.4 is 0 Å². The Morgan fingerprint density at radius 1 is 1.21 bits per heavy atom. The van der Waals surface area contributed by atoms with Crippen molar-refractivity contribution in [1.29, 1.82) is 0 Å². The average Bonchev–Trinajstić information content (AvgIpc) is 2.19. The van der Waals surface area contributed by atoms with Crippen molar-refractivity contribution in [2.75, 3.05) is 19.8 Å². The fourth-order valence-corrected chi connectivity index (χ4v) is 2.31. The van der Waals surface area contributed by atoms with Crippen molar-refractivity contribution in [1.82, 2.24) is 0 Å². The Hall–Kier alpha value is -0.0800. The van der Waals surface area contributed by atoms with Crippen LogP contribution in [0.25, 0.3) is 0 Å².